The largest absolute Gasteiger partial charge is 0.508 e. The van der Waals surface area contributed by atoms with Crippen molar-refractivity contribution in [3.63, 3.8) is 0 Å². The van der Waals surface area contributed by atoms with E-state index in [0.717, 1.165) is 10.8 Å². The number of aromatic hydroxyl groups is 1. The number of amides is 2. The van der Waals surface area contributed by atoms with Crippen molar-refractivity contribution < 1.29 is 19.1 Å². The third-order valence-electron chi connectivity index (χ3n) is 4.02. The van der Waals surface area contributed by atoms with Crippen LogP contribution in [0.25, 0.3) is 10.8 Å². The predicted octanol–water partition coefficient (Wildman–Crippen LogP) is 3.66. The van der Waals surface area contributed by atoms with E-state index in [4.69, 9.17) is 9.15 Å². The number of urea groups is 1. The number of phenols is 1. The fraction of sp³-hybridized carbons (Fsp3) is 0.0476. The minimum Gasteiger partial charge on any atom is -0.508 e. The molecule has 150 valence electrons. The van der Waals surface area contributed by atoms with E-state index >= 15 is 0 Å². The fourth-order valence-electron chi connectivity index (χ4n) is 2.66. The molecule has 0 radical (unpaired) electrons. The van der Waals surface area contributed by atoms with E-state index in [0.29, 0.717) is 11.3 Å². The van der Waals surface area contributed by atoms with Crippen molar-refractivity contribution >= 4 is 29.0 Å². The second-order valence-electron chi connectivity index (χ2n) is 6.22. The van der Waals surface area contributed by atoms with Crippen LogP contribution in [-0.4, -0.2) is 27.5 Å². The Bertz CT molecular complexity index is 1200. The monoisotopic (exact) mass is 403 g/mol. The molecule has 3 N–H and O–H groups in total. The number of fused-ring (bicyclic) bond motifs is 1. The van der Waals surface area contributed by atoms with Gasteiger partial charge < -0.3 is 14.3 Å². The summed E-state index contributed by atoms with van der Waals surface area (Å²) in [6.07, 6.45) is 1.38. The van der Waals surface area contributed by atoms with Crippen LogP contribution in [0.15, 0.2) is 76.2 Å². The molecule has 4 rings (SSSR count). The first kappa shape index (κ1) is 18.9. The number of nitrogens with zero attached hydrogens (tertiary/aromatic N) is 3. The SMILES string of the molecule is O=C(N/N=C\c1cccc(O)c1)Nc1nnc(COc2ccc3ccccc3c2)o1. The highest BCUT2D eigenvalue weighted by molar-refractivity contribution is 5.88. The zero-order valence-electron chi connectivity index (χ0n) is 15.6. The van der Waals surface area contributed by atoms with Gasteiger partial charge in [0.15, 0.2) is 6.61 Å². The Labute approximate surface area is 171 Å². The highest BCUT2D eigenvalue weighted by Crippen LogP contribution is 2.21. The van der Waals surface area contributed by atoms with Gasteiger partial charge in [-0.1, -0.05) is 47.6 Å². The molecule has 2 amide bonds. The van der Waals surface area contributed by atoms with Gasteiger partial charge in [-0.15, -0.1) is 5.10 Å². The summed E-state index contributed by atoms with van der Waals surface area (Å²) >= 11 is 0. The van der Waals surface area contributed by atoms with Crippen molar-refractivity contribution in [2.24, 2.45) is 5.10 Å². The van der Waals surface area contributed by atoms with Gasteiger partial charge >= 0.3 is 12.0 Å². The summed E-state index contributed by atoms with van der Waals surface area (Å²) < 4.78 is 11.0. The number of hydrazone groups is 1. The van der Waals surface area contributed by atoms with E-state index < -0.39 is 6.03 Å². The lowest BCUT2D eigenvalue weighted by Gasteiger charge is -2.04. The van der Waals surface area contributed by atoms with Gasteiger partial charge in [-0.05, 0) is 40.6 Å². The fourth-order valence-corrected chi connectivity index (χ4v) is 2.66. The zero-order chi connectivity index (χ0) is 20.8. The number of benzene rings is 3. The van der Waals surface area contributed by atoms with Crippen LogP contribution in [0.2, 0.25) is 0 Å². The van der Waals surface area contributed by atoms with Crippen LogP contribution in [0.1, 0.15) is 11.5 Å². The topological polar surface area (TPSA) is 122 Å². The second-order valence-corrected chi connectivity index (χ2v) is 6.22. The van der Waals surface area contributed by atoms with Crippen molar-refractivity contribution in [1.82, 2.24) is 15.6 Å². The van der Waals surface area contributed by atoms with Gasteiger partial charge in [0.1, 0.15) is 11.5 Å². The average Bonchev–Trinajstić information content (AvgIpc) is 3.19. The van der Waals surface area contributed by atoms with Crippen molar-refractivity contribution in [2.45, 2.75) is 6.61 Å². The normalized spacial score (nSPS) is 10.9. The number of ether oxygens (including phenoxy) is 1. The van der Waals surface area contributed by atoms with Gasteiger partial charge in [-0.2, -0.15) is 5.10 Å². The van der Waals surface area contributed by atoms with Crippen LogP contribution in [0.3, 0.4) is 0 Å². The zero-order valence-corrected chi connectivity index (χ0v) is 15.6. The van der Waals surface area contributed by atoms with Crippen LogP contribution in [0, 0.1) is 0 Å². The Morgan fingerprint density at radius 2 is 1.93 bits per heavy atom. The third-order valence-corrected chi connectivity index (χ3v) is 4.02. The predicted molar refractivity (Wildman–Crippen MR) is 110 cm³/mol. The van der Waals surface area contributed by atoms with E-state index in [2.05, 4.69) is 26.0 Å². The molecule has 3 aromatic carbocycles. The van der Waals surface area contributed by atoms with Gasteiger partial charge in [-0.25, -0.2) is 10.2 Å². The lowest BCUT2D eigenvalue weighted by molar-refractivity contribution is 0.250. The molecule has 9 heteroatoms. The summed E-state index contributed by atoms with van der Waals surface area (Å²) in [7, 11) is 0. The molecule has 4 aromatic rings. The van der Waals surface area contributed by atoms with Crippen molar-refractivity contribution in [2.75, 3.05) is 5.32 Å². The van der Waals surface area contributed by atoms with Gasteiger partial charge in [-0.3, -0.25) is 5.32 Å². The molecule has 0 bridgehead atoms. The number of hydrogen-bond donors (Lipinski definition) is 3. The summed E-state index contributed by atoms with van der Waals surface area (Å²) in [5, 5.41) is 25.3. The molecule has 0 aliphatic carbocycles. The maximum atomic E-state index is 11.8. The number of phenolic OH excluding ortho intramolecular Hbond substituents is 1. The van der Waals surface area contributed by atoms with Crippen LogP contribution in [0.4, 0.5) is 10.8 Å². The maximum absolute atomic E-state index is 11.8. The second kappa shape index (κ2) is 8.74. The lowest BCUT2D eigenvalue weighted by atomic mass is 10.1. The quantitative estimate of drug-likeness (QED) is 0.334. The molecule has 30 heavy (non-hydrogen) atoms. The Kier molecular flexibility index (Phi) is 5.52. The molecule has 1 aromatic heterocycles. The van der Waals surface area contributed by atoms with E-state index in [1.807, 2.05) is 42.5 Å². The molecular formula is C21H17N5O4. The minimum atomic E-state index is -0.656. The van der Waals surface area contributed by atoms with Crippen molar-refractivity contribution in [3.05, 3.63) is 78.2 Å². The van der Waals surface area contributed by atoms with E-state index in [-0.39, 0.29) is 24.3 Å². The van der Waals surface area contributed by atoms with Crippen LogP contribution in [0.5, 0.6) is 11.5 Å². The summed E-state index contributed by atoms with van der Waals surface area (Å²) in [5.74, 6) is 0.981. The molecule has 0 atom stereocenters. The molecule has 0 saturated carbocycles. The van der Waals surface area contributed by atoms with E-state index in [1.165, 1.54) is 18.3 Å². The smallest absolute Gasteiger partial charge is 0.343 e. The third kappa shape index (κ3) is 4.90. The van der Waals surface area contributed by atoms with E-state index in [9.17, 15) is 9.90 Å². The van der Waals surface area contributed by atoms with Crippen LogP contribution in [-0.2, 0) is 6.61 Å². The first-order valence-electron chi connectivity index (χ1n) is 8.99. The molecular weight excluding hydrogens is 386 g/mol. The summed E-state index contributed by atoms with van der Waals surface area (Å²) in [4.78, 5) is 11.8. The Hall–Kier alpha value is -4.40. The van der Waals surface area contributed by atoms with Gasteiger partial charge in [0, 0.05) is 0 Å². The molecule has 0 aliphatic heterocycles. The number of carbonyl (C=O) groups excluding carboxylic acids is 1. The lowest BCUT2D eigenvalue weighted by Crippen LogP contribution is -2.24. The highest BCUT2D eigenvalue weighted by atomic mass is 16.5. The summed E-state index contributed by atoms with van der Waals surface area (Å²) in [6.45, 7) is 0.0598. The molecule has 9 nitrogen and oxygen atoms in total. The number of nitrogens with one attached hydrogen (secondary N) is 2. The Morgan fingerprint density at radius 1 is 1.07 bits per heavy atom. The van der Waals surface area contributed by atoms with E-state index in [1.54, 1.807) is 12.1 Å². The first-order chi connectivity index (χ1) is 14.7. The number of rotatable bonds is 6. The summed E-state index contributed by atoms with van der Waals surface area (Å²) in [5.41, 5.74) is 2.89. The van der Waals surface area contributed by atoms with Crippen molar-refractivity contribution in [3.8, 4) is 11.5 Å². The first-order valence-corrected chi connectivity index (χ1v) is 8.99. The number of aromatic nitrogens is 2. The van der Waals surface area contributed by atoms with Gasteiger partial charge in [0.25, 0.3) is 5.89 Å². The minimum absolute atomic E-state index is 0.0598. The molecule has 1 heterocycles. The summed E-state index contributed by atoms with van der Waals surface area (Å²) in [6, 6.07) is 19.4. The van der Waals surface area contributed by atoms with Gasteiger partial charge in [0.2, 0.25) is 0 Å². The highest BCUT2D eigenvalue weighted by Gasteiger charge is 2.10. The maximum Gasteiger partial charge on any atom is 0.343 e. The number of carbonyl (C=O) groups is 1. The van der Waals surface area contributed by atoms with Crippen molar-refractivity contribution in [1.29, 1.82) is 0 Å². The van der Waals surface area contributed by atoms with Gasteiger partial charge in [0.05, 0.1) is 6.21 Å². The molecule has 0 spiro atoms. The number of hydrogen-bond acceptors (Lipinski definition) is 7. The van der Waals surface area contributed by atoms with Crippen LogP contribution < -0.4 is 15.5 Å². The van der Waals surface area contributed by atoms with Crippen LogP contribution >= 0.6 is 0 Å². The Balaban J connectivity index is 1.28. The molecule has 0 fully saturated rings. The standard InChI is InChI=1S/C21H17N5O4/c27-17-7-3-4-14(10-17)12-22-25-20(28)23-21-26-24-19(30-21)13-29-18-9-8-15-5-1-2-6-16(15)11-18/h1-12,27H,13H2,(H2,23,25,26,28)/b22-12-. The molecule has 0 aliphatic rings. The Morgan fingerprint density at radius 3 is 2.80 bits per heavy atom. The average molecular weight is 403 g/mol. The molecule has 0 unspecified atom stereocenters. The molecule has 0 saturated heterocycles. The number of anilines is 1.